The summed E-state index contributed by atoms with van der Waals surface area (Å²) in [6.45, 7) is 0.363. The van der Waals surface area contributed by atoms with Gasteiger partial charge in [0.2, 0.25) is 5.82 Å². The average Bonchev–Trinajstić information content (AvgIpc) is 2.72. The molecule has 0 saturated carbocycles. The Balaban J connectivity index is 2.19. The highest BCUT2D eigenvalue weighted by molar-refractivity contribution is 7.16. The molecule has 1 N–H and O–H groups in total. The van der Waals surface area contributed by atoms with Crippen molar-refractivity contribution in [3.05, 3.63) is 55.5 Å². The summed E-state index contributed by atoms with van der Waals surface area (Å²) in [6, 6.07) is 7.50. The molecule has 0 fully saturated rings. The molecule has 4 nitrogen and oxygen atoms in total. The summed E-state index contributed by atoms with van der Waals surface area (Å²) in [7, 11) is 0. The molecule has 0 spiro atoms. The number of hydrogen-bond donors (Lipinski definition) is 1. The number of halogens is 2. The smallest absolute Gasteiger partial charge is 0.327 e. The van der Waals surface area contributed by atoms with E-state index in [0.29, 0.717) is 10.9 Å². The molecule has 0 radical (unpaired) electrons. The standard InChI is InChI=1S/C11H8ClFN2O2S/c12-10-5-4-7(18-10)6-14-9-3-1-2-8(13)11(9)15(16)17/h1-5,14H,6H2. The topological polar surface area (TPSA) is 55.2 Å². The van der Waals surface area contributed by atoms with Gasteiger partial charge in [-0.2, -0.15) is 4.39 Å². The van der Waals surface area contributed by atoms with Gasteiger partial charge in [0.15, 0.2) is 0 Å². The molecule has 7 heteroatoms. The van der Waals surface area contributed by atoms with Gasteiger partial charge in [0.05, 0.1) is 9.26 Å². The van der Waals surface area contributed by atoms with E-state index in [0.717, 1.165) is 10.9 Å². The number of nitrogens with zero attached hydrogens (tertiary/aromatic N) is 1. The fraction of sp³-hybridized carbons (Fsp3) is 0.0909. The van der Waals surface area contributed by atoms with Gasteiger partial charge >= 0.3 is 5.69 Å². The summed E-state index contributed by atoms with van der Waals surface area (Å²) in [6.07, 6.45) is 0. The zero-order valence-electron chi connectivity index (χ0n) is 9.02. The summed E-state index contributed by atoms with van der Waals surface area (Å²) in [5.41, 5.74) is -0.385. The predicted octanol–water partition coefficient (Wildman–Crippen LogP) is 4.06. The highest BCUT2D eigenvalue weighted by Gasteiger charge is 2.19. The molecule has 0 aliphatic carbocycles. The Labute approximate surface area is 111 Å². The number of anilines is 1. The molecule has 2 rings (SSSR count). The lowest BCUT2D eigenvalue weighted by Crippen LogP contribution is -2.03. The number of nitro benzene ring substituents is 1. The first-order valence-corrected chi connectivity index (χ1v) is 6.18. The van der Waals surface area contributed by atoms with Crippen molar-refractivity contribution in [1.29, 1.82) is 0 Å². The number of rotatable bonds is 4. The number of nitro groups is 1. The third-order valence-electron chi connectivity index (χ3n) is 2.25. The highest BCUT2D eigenvalue weighted by atomic mass is 35.5. The van der Waals surface area contributed by atoms with E-state index in [1.165, 1.54) is 23.5 Å². The Morgan fingerprint density at radius 2 is 2.17 bits per heavy atom. The Morgan fingerprint density at radius 3 is 2.78 bits per heavy atom. The Kier molecular flexibility index (Phi) is 3.78. The van der Waals surface area contributed by atoms with Crippen LogP contribution in [0.1, 0.15) is 4.88 Å². The number of para-hydroxylation sites is 1. The van der Waals surface area contributed by atoms with Crippen molar-refractivity contribution < 1.29 is 9.31 Å². The maximum Gasteiger partial charge on any atom is 0.327 e. The summed E-state index contributed by atoms with van der Waals surface area (Å²) < 4.78 is 14.0. The summed E-state index contributed by atoms with van der Waals surface area (Å²) >= 11 is 7.14. The van der Waals surface area contributed by atoms with Gasteiger partial charge in [-0.1, -0.05) is 17.7 Å². The largest absolute Gasteiger partial charge is 0.375 e. The van der Waals surface area contributed by atoms with Crippen molar-refractivity contribution >= 4 is 34.3 Å². The molecular weight excluding hydrogens is 279 g/mol. The molecule has 1 heterocycles. The first-order chi connectivity index (χ1) is 8.58. The fourth-order valence-electron chi connectivity index (χ4n) is 1.47. The van der Waals surface area contributed by atoms with Gasteiger partial charge in [-0.3, -0.25) is 10.1 Å². The highest BCUT2D eigenvalue weighted by Crippen LogP contribution is 2.28. The Bertz CT molecular complexity index is 588. The van der Waals surface area contributed by atoms with Gasteiger partial charge in [0.25, 0.3) is 0 Å². The molecule has 0 bridgehead atoms. The molecular formula is C11H8ClFN2O2S. The van der Waals surface area contributed by atoms with Crippen LogP contribution in [0.15, 0.2) is 30.3 Å². The van der Waals surface area contributed by atoms with Crippen molar-refractivity contribution in [2.24, 2.45) is 0 Å². The third kappa shape index (κ3) is 2.77. The van der Waals surface area contributed by atoms with Crippen LogP contribution in [-0.4, -0.2) is 4.92 Å². The molecule has 0 aliphatic heterocycles. The van der Waals surface area contributed by atoms with Crippen LogP contribution >= 0.6 is 22.9 Å². The zero-order valence-corrected chi connectivity index (χ0v) is 10.6. The molecule has 1 aromatic carbocycles. The minimum Gasteiger partial charge on any atom is -0.375 e. The summed E-state index contributed by atoms with van der Waals surface area (Å²) in [5, 5.41) is 13.6. The van der Waals surface area contributed by atoms with Gasteiger partial charge in [-0.05, 0) is 24.3 Å². The average molecular weight is 287 g/mol. The molecule has 0 saturated heterocycles. The molecule has 18 heavy (non-hydrogen) atoms. The second-order valence-corrected chi connectivity index (χ2v) is 5.25. The quantitative estimate of drug-likeness (QED) is 0.681. The molecule has 0 amide bonds. The second-order valence-electron chi connectivity index (χ2n) is 3.45. The van der Waals surface area contributed by atoms with E-state index < -0.39 is 16.4 Å². The zero-order chi connectivity index (χ0) is 13.1. The monoisotopic (exact) mass is 286 g/mol. The van der Waals surface area contributed by atoms with Crippen molar-refractivity contribution in [2.45, 2.75) is 6.54 Å². The van der Waals surface area contributed by atoms with Crippen molar-refractivity contribution in [3.63, 3.8) is 0 Å². The molecule has 0 unspecified atom stereocenters. The minimum absolute atomic E-state index is 0.157. The molecule has 94 valence electrons. The minimum atomic E-state index is -0.853. The van der Waals surface area contributed by atoms with E-state index in [2.05, 4.69) is 5.32 Å². The van der Waals surface area contributed by atoms with Crippen LogP contribution in [-0.2, 0) is 6.54 Å². The molecule has 0 atom stereocenters. The van der Waals surface area contributed by atoms with E-state index in [1.54, 1.807) is 6.07 Å². The molecule has 0 aliphatic rings. The van der Waals surface area contributed by atoms with Crippen LogP contribution in [0.5, 0.6) is 0 Å². The van der Waals surface area contributed by atoms with E-state index in [4.69, 9.17) is 11.6 Å². The van der Waals surface area contributed by atoms with Gasteiger partial charge in [0.1, 0.15) is 5.69 Å². The maximum absolute atomic E-state index is 13.3. The first kappa shape index (κ1) is 12.8. The van der Waals surface area contributed by atoms with Crippen molar-refractivity contribution in [1.82, 2.24) is 0 Å². The third-order valence-corrected chi connectivity index (χ3v) is 3.48. The lowest BCUT2D eigenvalue weighted by atomic mass is 10.2. The van der Waals surface area contributed by atoms with Crippen LogP contribution < -0.4 is 5.32 Å². The number of benzene rings is 1. The SMILES string of the molecule is O=[N+]([O-])c1c(F)cccc1NCc1ccc(Cl)s1. The maximum atomic E-state index is 13.3. The number of nitrogens with one attached hydrogen (secondary N) is 1. The van der Waals surface area contributed by atoms with Gasteiger partial charge in [0, 0.05) is 11.4 Å². The van der Waals surface area contributed by atoms with Crippen LogP contribution in [0.3, 0.4) is 0 Å². The predicted molar refractivity (Wildman–Crippen MR) is 69.7 cm³/mol. The second kappa shape index (κ2) is 5.32. The first-order valence-electron chi connectivity index (χ1n) is 4.99. The lowest BCUT2D eigenvalue weighted by molar-refractivity contribution is -0.386. The summed E-state index contributed by atoms with van der Waals surface area (Å²) in [5.74, 6) is -0.853. The van der Waals surface area contributed by atoms with Crippen LogP contribution in [0.4, 0.5) is 15.8 Å². The van der Waals surface area contributed by atoms with Crippen LogP contribution in [0.25, 0.3) is 0 Å². The van der Waals surface area contributed by atoms with E-state index >= 15 is 0 Å². The van der Waals surface area contributed by atoms with E-state index in [9.17, 15) is 14.5 Å². The van der Waals surface area contributed by atoms with E-state index in [1.807, 2.05) is 6.07 Å². The van der Waals surface area contributed by atoms with Crippen molar-refractivity contribution in [2.75, 3.05) is 5.32 Å². The number of hydrogen-bond acceptors (Lipinski definition) is 4. The number of thiophene rings is 1. The molecule has 2 aromatic rings. The van der Waals surface area contributed by atoms with Gasteiger partial charge < -0.3 is 5.32 Å². The lowest BCUT2D eigenvalue weighted by Gasteiger charge is -2.05. The molecule has 1 aromatic heterocycles. The van der Waals surface area contributed by atoms with Crippen LogP contribution in [0.2, 0.25) is 4.34 Å². The van der Waals surface area contributed by atoms with Crippen molar-refractivity contribution in [3.8, 4) is 0 Å². The van der Waals surface area contributed by atoms with Gasteiger partial charge in [-0.15, -0.1) is 11.3 Å². The van der Waals surface area contributed by atoms with E-state index in [-0.39, 0.29) is 5.69 Å². The Hall–Kier alpha value is -1.66. The summed E-state index contributed by atoms with van der Waals surface area (Å²) in [4.78, 5) is 10.9. The van der Waals surface area contributed by atoms with Gasteiger partial charge in [-0.25, -0.2) is 0 Å². The fourth-order valence-corrected chi connectivity index (χ4v) is 2.50. The normalized spacial score (nSPS) is 10.3. The Morgan fingerprint density at radius 1 is 1.39 bits per heavy atom. The van der Waals surface area contributed by atoms with Crippen LogP contribution in [0, 0.1) is 15.9 Å².